The van der Waals surface area contributed by atoms with Crippen molar-refractivity contribution in [2.75, 3.05) is 28.6 Å². The number of nitro groups is 1. The first kappa shape index (κ1) is 20.3. The van der Waals surface area contributed by atoms with Crippen LogP contribution >= 0.6 is 0 Å². The van der Waals surface area contributed by atoms with E-state index in [2.05, 4.69) is 25.5 Å². The van der Waals surface area contributed by atoms with Crippen LogP contribution in [0.5, 0.6) is 0 Å². The third-order valence-corrected chi connectivity index (χ3v) is 5.02. The molecule has 158 valence electrons. The van der Waals surface area contributed by atoms with E-state index in [4.69, 9.17) is 0 Å². The van der Waals surface area contributed by atoms with Gasteiger partial charge in [-0.25, -0.2) is 4.98 Å². The smallest absolute Gasteiger partial charge is 0.282 e. The zero-order valence-electron chi connectivity index (χ0n) is 17.0. The maximum atomic E-state index is 12.5. The number of nitrogens with one attached hydrogen (secondary N) is 2. The van der Waals surface area contributed by atoms with Gasteiger partial charge in [0.15, 0.2) is 0 Å². The predicted molar refractivity (Wildman–Crippen MR) is 119 cm³/mol. The highest BCUT2D eigenvalue weighted by atomic mass is 16.6. The lowest BCUT2D eigenvalue weighted by atomic mass is 10.1. The Labute approximate surface area is 179 Å². The SMILES string of the molecule is Cc1cc(N2CCCC2)nc(Nc2ccc(NC(=O)c3ccccc3[N+](=O)[O-])cc2)n1. The van der Waals surface area contributed by atoms with Gasteiger partial charge in [0.1, 0.15) is 11.4 Å². The van der Waals surface area contributed by atoms with Crippen molar-refractivity contribution in [3.05, 3.63) is 76.0 Å². The Morgan fingerprint density at radius 3 is 2.42 bits per heavy atom. The number of hydrogen-bond donors (Lipinski definition) is 2. The van der Waals surface area contributed by atoms with Crippen molar-refractivity contribution >= 4 is 34.7 Å². The summed E-state index contributed by atoms with van der Waals surface area (Å²) in [6.45, 7) is 3.95. The number of carbonyl (C=O) groups is 1. The molecule has 0 aliphatic carbocycles. The Kier molecular flexibility index (Phi) is 5.74. The average molecular weight is 418 g/mol. The fraction of sp³-hybridized carbons (Fsp3) is 0.227. The summed E-state index contributed by atoms with van der Waals surface area (Å²) in [4.78, 5) is 34.3. The highest BCUT2D eigenvalue weighted by molar-refractivity contribution is 6.07. The molecule has 4 rings (SSSR count). The lowest BCUT2D eigenvalue weighted by molar-refractivity contribution is -0.385. The fourth-order valence-electron chi connectivity index (χ4n) is 3.51. The molecule has 2 heterocycles. The third kappa shape index (κ3) is 4.77. The number of para-hydroxylation sites is 1. The summed E-state index contributed by atoms with van der Waals surface area (Å²) >= 11 is 0. The molecular formula is C22H22N6O3. The van der Waals surface area contributed by atoms with Crippen LogP contribution in [0.4, 0.5) is 28.8 Å². The van der Waals surface area contributed by atoms with Crippen LogP contribution in [0.15, 0.2) is 54.6 Å². The maximum Gasteiger partial charge on any atom is 0.282 e. The Morgan fingerprint density at radius 1 is 1.03 bits per heavy atom. The summed E-state index contributed by atoms with van der Waals surface area (Å²) in [6, 6.07) is 14.8. The van der Waals surface area contributed by atoms with Gasteiger partial charge >= 0.3 is 0 Å². The Balaban J connectivity index is 1.45. The molecule has 0 spiro atoms. The number of nitro benzene ring substituents is 1. The van der Waals surface area contributed by atoms with Crippen LogP contribution in [0.3, 0.4) is 0 Å². The molecule has 1 fully saturated rings. The normalized spacial score (nSPS) is 13.1. The van der Waals surface area contributed by atoms with Gasteiger partial charge in [-0.2, -0.15) is 4.98 Å². The van der Waals surface area contributed by atoms with E-state index < -0.39 is 10.8 Å². The van der Waals surface area contributed by atoms with E-state index in [1.807, 2.05) is 13.0 Å². The lowest BCUT2D eigenvalue weighted by Crippen LogP contribution is -2.19. The molecule has 2 aromatic carbocycles. The summed E-state index contributed by atoms with van der Waals surface area (Å²) in [5.41, 5.74) is 1.95. The maximum absolute atomic E-state index is 12.5. The summed E-state index contributed by atoms with van der Waals surface area (Å²) in [7, 11) is 0. The van der Waals surface area contributed by atoms with Gasteiger partial charge < -0.3 is 15.5 Å². The van der Waals surface area contributed by atoms with Crippen LogP contribution in [0.1, 0.15) is 28.9 Å². The molecule has 9 nitrogen and oxygen atoms in total. The number of carbonyl (C=O) groups excluding carboxylic acids is 1. The molecular weight excluding hydrogens is 396 g/mol. The van der Waals surface area contributed by atoms with E-state index >= 15 is 0 Å². The van der Waals surface area contributed by atoms with Gasteiger partial charge in [-0.15, -0.1) is 0 Å². The van der Waals surface area contributed by atoms with Gasteiger partial charge in [0.2, 0.25) is 5.95 Å². The van der Waals surface area contributed by atoms with E-state index in [0.717, 1.165) is 30.3 Å². The van der Waals surface area contributed by atoms with Crippen molar-refractivity contribution in [3.63, 3.8) is 0 Å². The van der Waals surface area contributed by atoms with E-state index in [1.54, 1.807) is 30.3 Å². The molecule has 2 N–H and O–H groups in total. The molecule has 0 unspecified atom stereocenters. The number of amides is 1. The van der Waals surface area contributed by atoms with Crippen LogP contribution in [-0.4, -0.2) is 33.9 Å². The zero-order chi connectivity index (χ0) is 21.8. The van der Waals surface area contributed by atoms with Crippen molar-refractivity contribution in [3.8, 4) is 0 Å². The van der Waals surface area contributed by atoms with Gasteiger partial charge in [0.25, 0.3) is 11.6 Å². The largest absolute Gasteiger partial charge is 0.356 e. The molecule has 0 radical (unpaired) electrons. The number of benzene rings is 2. The monoisotopic (exact) mass is 418 g/mol. The zero-order valence-corrected chi connectivity index (χ0v) is 17.0. The molecule has 1 saturated heterocycles. The van der Waals surface area contributed by atoms with Crippen LogP contribution in [-0.2, 0) is 0 Å². The second kappa shape index (κ2) is 8.78. The highest BCUT2D eigenvalue weighted by Crippen LogP contribution is 2.23. The van der Waals surface area contributed by atoms with Crippen molar-refractivity contribution in [1.82, 2.24) is 9.97 Å². The van der Waals surface area contributed by atoms with Crippen molar-refractivity contribution < 1.29 is 9.72 Å². The number of hydrogen-bond acceptors (Lipinski definition) is 7. The first-order valence-electron chi connectivity index (χ1n) is 10.0. The first-order valence-corrected chi connectivity index (χ1v) is 10.0. The number of aromatic nitrogens is 2. The summed E-state index contributed by atoms with van der Waals surface area (Å²) in [5.74, 6) is 0.893. The summed E-state index contributed by atoms with van der Waals surface area (Å²) in [6.07, 6.45) is 2.34. The molecule has 1 amide bonds. The number of aryl methyl sites for hydroxylation is 1. The van der Waals surface area contributed by atoms with E-state index in [9.17, 15) is 14.9 Å². The molecule has 0 bridgehead atoms. The van der Waals surface area contributed by atoms with Crippen molar-refractivity contribution in [1.29, 1.82) is 0 Å². The third-order valence-electron chi connectivity index (χ3n) is 5.02. The second-order valence-electron chi connectivity index (χ2n) is 7.32. The number of rotatable bonds is 6. The molecule has 1 aliphatic heterocycles. The van der Waals surface area contributed by atoms with Gasteiger partial charge in [-0.3, -0.25) is 14.9 Å². The lowest BCUT2D eigenvalue weighted by Gasteiger charge is -2.17. The standard InChI is InChI=1S/C22H22N6O3/c1-15-14-20(27-12-4-5-13-27)26-22(23-15)25-17-10-8-16(9-11-17)24-21(29)18-6-2-3-7-19(18)28(30)31/h2-3,6-11,14H,4-5,12-13H2,1H3,(H,24,29)(H,23,25,26). The predicted octanol–water partition coefficient (Wildman–Crippen LogP) is 4.29. The Morgan fingerprint density at radius 2 is 1.71 bits per heavy atom. The molecule has 31 heavy (non-hydrogen) atoms. The Bertz CT molecular complexity index is 1110. The fourth-order valence-corrected chi connectivity index (χ4v) is 3.51. The summed E-state index contributed by atoms with van der Waals surface area (Å²) in [5, 5.41) is 17.0. The molecule has 1 aromatic heterocycles. The van der Waals surface area contributed by atoms with Gasteiger partial charge in [-0.05, 0) is 50.1 Å². The molecule has 0 atom stereocenters. The average Bonchev–Trinajstić information content (AvgIpc) is 3.30. The van der Waals surface area contributed by atoms with Gasteiger partial charge in [-0.1, -0.05) is 12.1 Å². The van der Waals surface area contributed by atoms with E-state index in [0.29, 0.717) is 11.6 Å². The number of nitrogens with zero attached hydrogens (tertiary/aromatic N) is 4. The molecule has 3 aromatic rings. The summed E-state index contributed by atoms with van der Waals surface area (Å²) < 4.78 is 0. The van der Waals surface area contributed by atoms with E-state index in [1.165, 1.54) is 31.0 Å². The van der Waals surface area contributed by atoms with Gasteiger partial charge in [0.05, 0.1) is 4.92 Å². The van der Waals surface area contributed by atoms with Crippen LogP contribution < -0.4 is 15.5 Å². The molecule has 9 heteroatoms. The first-order chi connectivity index (χ1) is 15.0. The minimum Gasteiger partial charge on any atom is -0.356 e. The minimum absolute atomic E-state index is 0.0114. The van der Waals surface area contributed by atoms with Crippen molar-refractivity contribution in [2.45, 2.75) is 19.8 Å². The van der Waals surface area contributed by atoms with Crippen molar-refractivity contribution in [2.24, 2.45) is 0 Å². The molecule has 1 aliphatic rings. The Hall–Kier alpha value is -4.01. The second-order valence-corrected chi connectivity index (χ2v) is 7.32. The van der Waals surface area contributed by atoms with Crippen LogP contribution in [0, 0.1) is 17.0 Å². The van der Waals surface area contributed by atoms with Crippen LogP contribution in [0.25, 0.3) is 0 Å². The van der Waals surface area contributed by atoms with E-state index in [-0.39, 0.29) is 11.3 Å². The van der Waals surface area contributed by atoms with Crippen LogP contribution in [0.2, 0.25) is 0 Å². The minimum atomic E-state index is -0.569. The molecule has 0 saturated carbocycles. The number of anilines is 4. The quantitative estimate of drug-likeness (QED) is 0.453. The topological polar surface area (TPSA) is 113 Å². The van der Waals surface area contributed by atoms with Gasteiger partial charge in [0, 0.05) is 42.3 Å². The highest BCUT2D eigenvalue weighted by Gasteiger charge is 2.19.